The molecule has 1 aromatic rings. The fourth-order valence-electron chi connectivity index (χ4n) is 2.20. The highest BCUT2D eigenvalue weighted by Gasteiger charge is 2.54. The third-order valence-electron chi connectivity index (χ3n) is 3.13. The molecular formula is C12H11F3N2O4. The van der Waals surface area contributed by atoms with Gasteiger partial charge in [0.1, 0.15) is 6.61 Å². The number of benzene rings is 1. The van der Waals surface area contributed by atoms with Crippen molar-refractivity contribution < 1.29 is 27.6 Å². The summed E-state index contributed by atoms with van der Waals surface area (Å²) in [6.07, 6.45) is -6.11. The molecule has 0 aromatic heterocycles. The molecule has 1 heterocycles. The molecule has 0 bridgehead atoms. The van der Waals surface area contributed by atoms with Gasteiger partial charge in [-0.3, -0.25) is 15.0 Å². The van der Waals surface area contributed by atoms with Gasteiger partial charge in [-0.25, -0.2) is 4.79 Å². The number of halogens is 3. The maximum atomic E-state index is 13.0. The zero-order valence-electron chi connectivity index (χ0n) is 10.6. The van der Waals surface area contributed by atoms with Gasteiger partial charge < -0.3 is 4.74 Å². The van der Waals surface area contributed by atoms with Gasteiger partial charge in [-0.15, -0.1) is 0 Å². The highest BCUT2D eigenvalue weighted by Crippen LogP contribution is 2.35. The van der Waals surface area contributed by atoms with Crippen LogP contribution in [0, 0.1) is 10.1 Å². The minimum atomic E-state index is -4.91. The second kappa shape index (κ2) is 5.58. The van der Waals surface area contributed by atoms with Gasteiger partial charge in [0.05, 0.1) is 6.04 Å². The fraction of sp³-hybridized carbons (Fsp3) is 0.417. The van der Waals surface area contributed by atoms with Crippen molar-refractivity contribution in [3.8, 4) is 0 Å². The topological polar surface area (TPSA) is 72.7 Å². The number of alkyl halides is 3. The van der Waals surface area contributed by atoms with E-state index < -0.39 is 35.8 Å². The first kappa shape index (κ1) is 15.1. The maximum Gasteiger partial charge on any atom is 0.415 e. The van der Waals surface area contributed by atoms with E-state index in [-0.39, 0.29) is 6.61 Å². The standard InChI is InChI=1S/C12H11F3N2O4/c13-12(14,15)10(6-16(19)20)17-9(7-21-11(17)18)8-4-2-1-3-5-8/h1-5,9-10H,6-7H2/t9-,10+/m0/s1. The molecule has 1 fully saturated rings. The summed E-state index contributed by atoms with van der Waals surface area (Å²) in [5, 5.41) is 10.5. The lowest BCUT2D eigenvalue weighted by Crippen LogP contribution is -2.51. The van der Waals surface area contributed by atoms with Gasteiger partial charge in [-0.1, -0.05) is 30.3 Å². The van der Waals surface area contributed by atoms with Crippen LogP contribution in [0.4, 0.5) is 18.0 Å². The molecule has 6 nitrogen and oxygen atoms in total. The number of ether oxygens (including phenoxy) is 1. The Morgan fingerprint density at radius 1 is 1.38 bits per heavy atom. The van der Waals surface area contributed by atoms with E-state index in [1.165, 1.54) is 0 Å². The van der Waals surface area contributed by atoms with Crippen LogP contribution in [0.1, 0.15) is 11.6 Å². The van der Waals surface area contributed by atoms with E-state index in [0.29, 0.717) is 10.5 Å². The zero-order chi connectivity index (χ0) is 15.6. The third-order valence-corrected chi connectivity index (χ3v) is 3.13. The molecule has 1 saturated heterocycles. The molecule has 0 aliphatic carbocycles. The van der Waals surface area contributed by atoms with Crippen LogP contribution in [0.15, 0.2) is 30.3 Å². The average molecular weight is 304 g/mol. The van der Waals surface area contributed by atoms with E-state index in [1.54, 1.807) is 30.3 Å². The number of carbonyl (C=O) groups excluding carboxylic acids is 1. The second-order valence-corrected chi connectivity index (χ2v) is 4.48. The van der Waals surface area contributed by atoms with Gasteiger partial charge >= 0.3 is 12.3 Å². The largest absolute Gasteiger partial charge is 0.447 e. The predicted molar refractivity (Wildman–Crippen MR) is 64.1 cm³/mol. The lowest BCUT2D eigenvalue weighted by molar-refractivity contribution is -0.495. The molecule has 2 atom stereocenters. The number of nitrogens with zero attached hydrogens (tertiary/aromatic N) is 2. The number of nitro groups is 1. The van der Waals surface area contributed by atoms with Crippen LogP contribution in [-0.4, -0.2) is 41.3 Å². The van der Waals surface area contributed by atoms with Crippen molar-refractivity contribution in [2.75, 3.05) is 13.2 Å². The minimum absolute atomic E-state index is 0.271. The number of hydrogen-bond acceptors (Lipinski definition) is 4. The van der Waals surface area contributed by atoms with Crippen molar-refractivity contribution >= 4 is 6.09 Å². The lowest BCUT2D eigenvalue weighted by Gasteiger charge is -2.29. The van der Waals surface area contributed by atoms with Gasteiger partial charge in [0.25, 0.3) is 0 Å². The third kappa shape index (κ3) is 3.23. The van der Waals surface area contributed by atoms with Crippen molar-refractivity contribution in [3.05, 3.63) is 46.0 Å². The van der Waals surface area contributed by atoms with E-state index in [2.05, 4.69) is 4.74 Å². The van der Waals surface area contributed by atoms with Gasteiger partial charge in [0.2, 0.25) is 6.54 Å². The first-order chi connectivity index (χ1) is 9.80. The van der Waals surface area contributed by atoms with Crippen molar-refractivity contribution in [3.63, 3.8) is 0 Å². The molecule has 0 radical (unpaired) electrons. The first-order valence-corrected chi connectivity index (χ1v) is 5.99. The van der Waals surface area contributed by atoms with Crippen molar-refractivity contribution in [2.45, 2.75) is 18.3 Å². The number of cyclic esters (lactones) is 1. The Kier molecular flexibility index (Phi) is 4.01. The van der Waals surface area contributed by atoms with Crippen LogP contribution in [0.2, 0.25) is 0 Å². The molecular weight excluding hydrogens is 293 g/mol. The molecule has 1 aromatic carbocycles. The summed E-state index contributed by atoms with van der Waals surface area (Å²) in [5.41, 5.74) is 0.431. The van der Waals surface area contributed by atoms with Crippen molar-refractivity contribution in [2.24, 2.45) is 0 Å². The van der Waals surface area contributed by atoms with E-state index in [9.17, 15) is 28.1 Å². The average Bonchev–Trinajstić information content (AvgIpc) is 2.77. The van der Waals surface area contributed by atoms with Crippen LogP contribution in [0.25, 0.3) is 0 Å². The normalized spacial score (nSPS) is 20.2. The molecule has 0 spiro atoms. The van der Waals surface area contributed by atoms with Gasteiger partial charge in [0.15, 0.2) is 6.04 Å². The Labute approximate surface area is 117 Å². The van der Waals surface area contributed by atoms with E-state index >= 15 is 0 Å². The Bertz CT molecular complexity index is 535. The molecule has 9 heteroatoms. The Morgan fingerprint density at radius 2 is 2.00 bits per heavy atom. The van der Waals surface area contributed by atoms with E-state index in [4.69, 9.17) is 0 Å². The summed E-state index contributed by atoms with van der Waals surface area (Å²) >= 11 is 0. The van der Waals surface area contributed by atoms with Gasteiger partial charge in [0, 0.05) is 4.92 Å². The zero-order valence-corrected chi connectivity index (χ0v) is 10.6. The lowest BCUT2D eigenvalue weighted by atomic mass is 10.1. The van der Waals surface area contributed by atoms with E-state index in [0.717, 1.165) is 0 Å². The van der Waals surface area contributed by atoms with Gasteiger partial charge in [-0.05, 0) is 5.56 Å². The SMILES string of the molecule is O=C1OC[C@@H](c2ccccc2)N1[C@H](C[N+](=O)[O-])C(F)(F)F. The molecule has 0 N–H and O–H groups in total. The molecule has 0 saturated carbocycles. The summed E-state index contributed by atoms with van der Waals surface area (Å²) in [4.78, 5) is 21.4. The quantitative estimate of drug-likeness (QED) is 0.632. The Balaban J connectivity index is 2.36. The number of amides is 1. The molecule has 1 amide bonds. The second-order valence-electron chi connectivity index (χ2n) is 4.48. The maximum absolute atomic E-state index is 13.0. The highest BCUT2D eigenvalue weighted by atomic mass is 19.4. The number of rotatable bonds is 4. The van der Waals surface area contributed by atoms with E-state index in [1.807, 2.05) is 0 Å². The molecule has 1 aliphatic heterocycles. The van der Waals surface area contributed by atoms with Crippen LogP contribution in [-0.2, 0) is 4.74 Å². The number of hydrogen-bond donors (Lipinski definition) is 0. The fourth-order valence-corrected chi connectivity index (χ4v) is 2.20. The highest BCUT2D eigenvalue weighted by molar-refractivity contribution is 5.71. The molecule has 2 rings (SSSR count). The first-order valence-electron chi connectivity index (χ1n) is 5.99. The number of carbonyl (C=O) groups is 1. The molecule has 1 aliphatic rings. The molecule has 0 unspecified atom stereocenters. The minimum Gasteiger partial charge on any atom is -0.447 e. The van der Waals surface area contributed by atoms with Crippen LogP contribution in [0.3, 0.4) is 0 Å². The summed E-state index contributed by atoms with van der Waals surface area (Å²) in [6, 6.07) is 4.44. The summed E-state index contributed by atoms with van der Waals surface area (Å²) in [7, 11) is 0. The van der Waals surface area contributed by atoms with Crippen LogP contribution < -0.4 is 0 Å². The van der Waals surface area contributed by atoms with Crippen molar-refractivity contribution in [1.82, 2.24) is 4.90 Å². The Hall–Kier alpha value is -2.32. The predicted octanol–water partition coefficient (Wildman–Crippen LogP) is 2.39. The monoisotopic (exact) mass is 304 g/mol. The van der Waals surface area contributed by atoms with Crippen molar-refractivity contribution in [1.29, 1.82) is 0 Å². The summed E-state index contributed by atoms with van der Waals surface area (Å²) in [6.45, 7) is -1.69. The molecule has 21 heavy (non-hydrogen) atoms. The molecule has 114 valence electrons. The summed E-state index contributed by atoms with van der Waals surface area (Å²) in [5.74, 6) is 0. The Morgan fingerprint density at radius 3 is 2.52 bits per heavy atom. The van der Waals surface area contributed by atoms with Gasteiger partial charge in [-0.2, -0.15) is 13.2 Å². The smallest absolute Gasteiger partial charge is 0.415 e. The van der Waals surface area contributed by atoms with Crippen LogP contribution in [0.5, 0.6) is 0 Å². The summed E-state index contributed by atoms with van der Waals surface area (Å²) < 4.78 is 43.8. The van der Waals surface area contributed by atoms with Crippen LogP contribution >= 0.6 is 0 Å².